The Kier molecular flexibility index (Phi) is 5.78. The lowest BCUT2D eigenvalue weighted by atomic mass is 9.96. The zero-order valence-electron chi connectivity index (χ0n) is 14.5. The zero-order valence-corrected chi connectivity index (χ0v) is 15.5. The van der Waals surface area contributed by atoms with Gasteiger partial charge in [-0.3, -0.25) is 4.79 Å². The van der Waals surface area contributed by atoms with E-state index >= 15 is 0 Å². The SMILES string of the molecule is COC(=O)[C@H](Cc1ccccc1)[C@H](C)[Si](C)(C)c1ccccc1. The molecule has 2 nitrogen and oxygen atoms in total. The van der Waals surface area contributed by atoms with Gasteiger partial charge in [0.1, 0.15) is 0 Å². The molecular weight excluding hydrogens is 300 g/mol. The number of methoxy groups -OCH3 is 1. The van der Waals surface area contributed by atoms with E-state index in [9.17, 15) is 4.79 Å². The summed E-state index contributed by atoms with van der Waals surface area (Å²) in [7, 11) is -0.289. The molecule has 3 heteroatoms. The van der Waals surface area contributed by atoms with Crippen molar-refractivity contribution in [1.29, 1.82) is 0 Å². The maximum Gasteiger partial charge on any atom is 0.308 e. The van der Waals surface area contributed by atoms with Crippen molar-refractivity contribution in [3.05, 3.63) is 66.2 Å². The second kappa shape index (κ2) is 7.60. The number of carbonyl (C=O) groups is 1. The summed E-state index contributed by atoms with van der Waals surface area (Å²) >= 11 is 0. The van der Waals surface area contributed by atoms with Gasteiger partial charge in [-0.25, -0.2) is 0 Å². The number of benzene rings is 2. The smallest absolute Gasteiger partial charge is 0.308 e. The second-order valence-electron chi connectivity index (χ2n) is 6.70. The van der Waals surface area contributed by atoms with Crippen LogP contribution in [0.2, 0.25) is 18.6 Å². The van der Waals surface area contributed by atoms with Gasteiger partial charge in [0.15, 0.2) is 0 Å². The van der Waals surface area contributed by atoms with Gasteiger partial charge < -0.3 is 4.74 Å². The van der Waals surface area contributed by atoms with Crippen LogP contribution in [-0.4, -0.2) is 21.2 Å². The Balaban J connectivity index is 2.29. The number of carbonyl (C=O) groups excluding carboxylic acids is 1. The highest BCUT2D eigenvalue weighted by atomic mass is 28.3. The molecule has 0 aliphatic heterocycles. The molecule has 122 valence electrons. The number of ether oxygens (including phenoxy) is 1. The number of hydrogen-bond donors (Lipinski definition) is 0. The fourth-order valence-corrected chi connectivity index (χ4v) is 5.95. The summed E-state index contributed by atoms with van der Waals surface area (Å²) in [5.74, 6) is -0.206. The lowest BCUT2D eigenvalue weighted by Gasteiger charge is -2.35. The molecule has 0 aromatic heterocycles. The van der Waals surface area contributed by atoms with Crippen LogP contribution in [0.4, 0.5) is 0 Å². The third kappa shape index (κ3) is 4.11. The predicted octanol–water partition coefficient (Wildman–Crippen LogP) is 4.02. The molecular formula is C20H26O2Si. The van der Waals surface area contributed by atoms with Gasteiger partial charge in [-0.15, -0.1) is 0 Å². The standard InChI is InChI=1S/C20H26O2Si/c1-16(23(3,4)18-13-9-6-10-14-18)19(20(21)22-2)15-17-11-7-5-8-12-17/h5-14,16,19H,15H2,1-4H3/t16-,19+/m0/s1. The first kappa shape index (κ1) is 17.5. The van der Waals surface area contributed by atoms with E-state index in [1.807, 2.05) is 24.3 Å². The van der Waals surface area contributed by atoms with E-state index in [0.717, 1.165) is 6.42 Å². The van der Waals surface area contributed by atoms with Crippen LogP contribution in [0.15, 0.2) is 60.7 Å². The first-order valence-electron chi connectivity index (χ1n) is 8.14. The molecule has 0 saturated carbocycles. The molecule has 0 unspecified atom stereocenters. The summed E-state index contributed by atoms with van der Waals surface area (Å²) in [6.07, 6.45) is 0.734. The highest BCUT2D eigenvalue weighted by molar-refractivity contribution is 6.91. The average Bonchev–Trinajstić information content (AvgIpc) is 2.60. The highest BCUT2D eigenvalue weighted by Gasteiger charge is 2.39. The third-order valence-electron chi connectivity index (χ3n) is 5.06. The average molecular weight is 327 g/mol. The van der Waals surface area contributed by atoms with Gasteiger partial charge in [0.05, 0.1) is 21.1 Å². The van der Waals surface area contributed by atoms with Gasteiger partial charge in [0.2, 0.25) is 0 Å². The third-order valence-corrected chi connectivity index (χ3v) is 9.56. The van der Waals surface area contributed by atoms with Gasteiger partial charge in [-0.05, 0) is 17.5 Å². The number of rotatable bonds is 6. The van der Waals surface area contributed by atoms with Crippen molar-refractivity contribution in [2.75, 3.05) is 7.11 Å². The van der Waals surface area contributed by atoms with Crippen LogP contribution in [-0.2, 0) is 16.0 Å². The van der Waals surface area contributed by atoms with Crippen LogP contribution < -0.4 is 5.19 Å². The Morgan fingerprint density at radius 1 is 1.00 bits per heavy atom. The van der Waals surface area contributed by atoms with Crippen molar-refractivity contribution in [3.8, 4) is 0 Å². The molecule has 2 aromatic carbocycles. The minimum atomic E-state index is -1.78. The lowest BCUT2D eigenvalue weighted by molar-refractivity contribution is -0.145. The molecule has 0 saturated heterocycles. The van der Waals surface area contributed by atoms with Crippen LogP contribution in [0.1, 0.15) is 12.5 Å². The fraction of sp³-hybridized carbons (Fsp3) is 0.350. The Morgan fingerprint density at radius 2 is 1.52 bits per heavy atom. The minimum Gasteiger partial charge on any atom is -0.469 e. The summed E-state index contributed by atoms with van der Waals surface area (Å²) in [6, 6.07) is 20.8. The van der Waals surface area contributed by atoms with Gasteiger partial charge in [-0.2, -0.15) is 0 Å². The molecule has 0 amide bonds. The summed E-state index contributed by atoms with van der Waals surface area (Å²) in [5.41, 5.74) is 1.48. The van der Waals surface area contributed by atoms with Gasteiger partial charge >= 0.3 is 5.97 Å². The first-order valence-corrected chi connectivity index (χ1v) is 11.2. The molecule has 0 N–H and O–H groups in total. The summed E-state index contributed by atoms with van der Waals surface area (Å²) in [5, 5.41) is 1.38. The summed E-state index contributed by atoms with van der Waals surface area (Å²) < 4.78 is 5.12. The van der Waals surface area contributed by atoms with Gasteiger partial charge in [0.25, 0.3) is 0 Å². The molecule has 0 spiro atoms. The molecule has 2 rings (SSSR count). The summed E-state index contributed by atoms with van der Waals surface area (Å²) in [6.45, 7) is 6.89. The van der Waals surface area contributed by atoms with Crippen LogP contribution in [0.5, 0.6) is 0 Å². The van der Waals surface area contributed by atoms with Crippen molar-refractivity contribution in [2.24, 2.45) is 5.92 Å². The second-order valence-corrected chi connectivity index (χ2v) is 11.6. The van der Waals surface area contributed by atoms with Crippen molar-refractivity contribution in [1.82, 2.24) is 0 Å². The van der Waals surface area contributed by atoms with Crippen molar-refractivity contribution in [3.63, 3.8) is 0 Å². The maximum atomic E-state index is 12.4. The minimum absolute atomic E-state index is 0.0992. The van der Waals surface area contributed by atoms with Crippen molar-refractivity contribution in [2.45, 2.75) is 32.0 Å². The summed E-state index contributed by atoms with van der Waals surface area (Å²) in [4.78, 5) is 12.4. The largest absolute Gasteiger partial charge is 0.469 e. The van der Waals surface area contributed by atoms with E-state index < -0.39 is 8.07 Å². The highest BCUT2D eigenvalue weighted by Crippen LogP contribution is 2.33. The molecule has 0 bridgehead atoms. The predicted molar refractivity (Wildman–Crippen MR) is 98.6 cm³/mol. The van der Waals surface area contributed by atoms with Crippen LogP contribution in [0, 0.1) is 5.92 Å². The van der Waals surface area contributed by atoms with Crippen LogP contribution in [0.25, 0.3) is 0 Å². The molecule has 0 aliphatic carbocycles. The monoisotopic (exact) mass is 326 g/mol. The lowest BCUT2D eigenvalue weighted by Crippen LogP contribution is -2.49. The number of hydrogen-bond acceptors (Lipinski definition) is 2. The number of esters is 1. The van der Waals surface area contributed by atoms with Crippen molar-refractivity contribution < 1.29 is 9.53 Å². The van der Waals surface area contributed by atoms with Gasteiger partial charge in [-0.1, -0.05) is 85.9 Å². The van der Waals surface area contributed by atoms with E-state index in [1.165, 1.54) is 17.9 Å². The Labute approximate surface area is 140 Å². The van der Waals surface area contributed by atoms with Gasteiger partial charge in [0, 0.05) is 0 Å². The van der Waals surface area contributed by atoms with Crippen LogP contribution >= 0.6 is 0 Å². The Bertz CT molecular complexity index is 623. The molecule has 2 aromatic rings. The van der Waals surface area contributed by atoms with Crippen molar-refractivity contribution >= 4 is 19.2 Å². The molecule has 0 heterocycles. The van der Waals surface area contributed by atoms with Crippen LogP contribution in [0.3, 0.4) is 0 Å². The van der Waals surface area contributed by atoms with E-state index in [-0.39, 0.29) is 17.4 Å². The molecule has 2 atom stereocenters. The van der Waals surface area contributed by atoms with E-state index in [2.05, 4.69) is 56.4 Å². The normalized spacial score (nSPS) is 14.1. The van der Waals surface area contributed by atoms with E-state index in [4.69, 9.17) is 4.74 Å². The van der Waals surface area contributed by atoms with E-state index in [0.29, 0.717) is 0 Å². The Morgan fingerprint density at radius 3 is 2.04 bits per heavy atom. The molecule has 0 fully saturated rings. The zero-order chi connectivity index (χ0) is 16.9. The quantitative estimate of drug-likeness (QED) is 0.592. The maximum absolute atomic E-state index is 12.4. The first-order chi connectivity index (χ1) is 11.0. The molecule has 0 radical (unpaired) electrons. The van der Waals surface area contributed by atoms with E-state index in [1.54, 1.807) is 0 Å². The fourth-order valence-electron chi connectivity index (χ4n) is 3.12. The molecule has 23 heavy (non-hydrogen) atoms. The molecule has 0 aliphatic rings. The topological polar surface area (TPSA) is 26.3 Å². The Hall–Kier alpha value is -1.87.